The molecule has 1 aromatic heterocycles. The van der Waals surface area contributed by atoms with E-state index in [0.29, 0.717) is 12.1 Å². The lowest BCUT2D eigenvalue weighted by molar-refractivity contribution is -0.120. The molecule has 0 saturated carbocycles. The zero-order valence-electron chi connectivity index (χ0n) is 16.7. The Balaban J connectivity index is 2.05. The molecule has 0 spiro atoms. The van der Waals surface area contributed by atoms with Gasteiger partial charge in [0.15, 0.2) is 5.82 Å². The Bertz CT molecular complexity index is 962. The Morgan fingerprint density at radius 1 is 1.26 bits per heavy atom. The van der Waals surface area contributed by atoms with Crippen LogP contribution in [0.2, 0.25) is 5.02 Å². The fourth-order valence-electron chi connectivity index (χ4n) is 2.33. The minimum absolute atomic E-state index is 0.000276. The molecular weight excluding hydrogens is 435 g/mol. The number of carbonyl (C=O) groups excluding carboxylic acids is 1. The predicted octanol–water partition coefficient (Wildman–Crippen LogP) is 3.18. The lowest BCUT2D eigenvalue weighted by Gasteiger charge is -2.12. The zero-order chi connectivity index (χ0) is 23.0. The van der Waals surface area contributed by atoms with Crippen LogP contribution in [0.15, 0.2) is 30.2 Å². The van der Waals surface area contributed by atoms with Crippen molar-refractivity contribution < 1.29 is 18.0 Å². The lowest BCUT2D eigenvalue weighted by atomic mass is 10.2. The Hall–Kier alpha value is -3.34. The maximum atomic E-state index is 13.8. The van der Waals surface area contributed by atoms with E-state index < -0.39 is 17.5 Å². The van der Waals surface area contributed by atoms with Gasteiger partial charge in [-0.15, -0.1) is 0 Å². The minimum atomic E-state index is -1.05. The molecule has 1 amide bonds. The maximum absolute atomic E-state index is 13.8. The van der Waals surface area contributed by atoms with E-state index >= 15 is 0 Å². The largest absolute Gasteiger partial charge is 0.380 e. The number of nitrogens with one attached hydrogen (secondary N) is 5. The number of benzene rings is 1. The number of anilines is 2. The number of nitrogens with zero attached hydrogens (tertiary/aromatic N) is 2. The van der Waals surface area contributed by atoms with E-state index in [1.54, 1.807) is 0 Å². The highest BCUT2D eigenvalue weighted by Crippen LogP contribution is 2.22. The molecular formula is C19H21ClF3N7O. The Labute approximate surface area is 181 Å². The summed E-state index contributed by atoms with van der Waals surface area (Å²) >= 11 is 6.02. The van der Waals surface area contributed by atoms with Gasteiger partial charge in [0.1, 0.15) is 22.5 Å². The zero-order valence-corrected chi connectivity index (χ0v) is 17.4. The molecule has 31 heavy (non-hydrogen) atoms. The van der Waals surface area contributed by atoms with Crippen LogP contribution in [0.5, 0.6) is 0 Å². The van der Waals surface area contributed by atoms with E-state index in [4.69, 9.17) is 17.0 Å². The topological polar surface area (TPSA) is 115 Å². The smallest absolute Gasteiger partial charge is 0.239 e. The minimum Gasteiger partial charge on any atom is -0.380 e. The summed E-state index contributed by atoms with van der Waals surface area (Å²) in [4.78, 5) is 19.7. The Morgan fingerprint density at radius 3 is 2.55 bits per heavy atom. The highest BCUT2D eigenvalue weighted by atomic mass is 35.5. The molecule has 8 nitrogen and oxygen atoms in total. The van der Waals surface area contributed by atoms with Gasteiger partial charge in [-0.1, -0.05) is 11.6 Å². The highest BCUT2D eigenvalue weighted by Gasteiger charge is 2.13. The van der Waals surface area contributed by atoms with Crippen LogP contribution in [-0.4, -0.2) is 34.7 Å². The molecule has 0 radical (unpaired) electrons. The molecule has 0 saturated heterocycles. The third-order valence-corrected chi connectivity index (χ3v) is 3.94. The first kappa shape index (κ1) is 23.9. The van der Waals surface area contributed by atoms with Gasteiger partial charge in [-0.05, 0) is 13.8 Å². The summed E-state index contributed by atoms with van der Waals surface area (Å²) in [7, 11) is 0. The van der Waals surface area contributed by atoms with Gasteiger partial charge in [0.25, 0.3) is 0 Å². The van der Waals surface area contributed by atoms with Crippen molar-refractivity contribution in [2.24, 2.45) is 0 Å². The van der Waals surface area contributed by atoms with E-state index in [1.807, 2.05) is 13.8 Å². The molecule has 0 bridgehead atoms. The van der Waals surface area contributed by atoms with Crippen LogP contribution in [0, 0.1) is 22.9 Å². The summed E-state index contributed by atoms with van der Waals surface area (Å²) in [5.74, 6) is -3.23. The third-order valence-electron chi connectivity index (χ3n) is 3.66. The standard InChI is InChI=1S/C19H21ClF3N7O/c1-10(2)28-17(31)9-25-6-12(5-24)29-19-27-8-14(20)18(30-19)26-7-13-15(22)3-11(21)4-16(13)23/h3-6,8,10,24-25H,7,9H2,1-2H3,(H,28,31)(H2,26,27,29,30)/b12-6+,24-5?. The molecule has 1 heterocycles. The van der Waals surface area contributed by atoms with Crippen molar-refractivity contribution in [3.05, 3.63) is 58.3 Å². The fraction of sp³-hybridized carbons (Fsp3) is 0.263. The first-order chi connectivity index (χ1) is 14.7. The summed E-state index contributed by atoms with van der Waals surface area (Å²) in [5, 5.41) is 18.4. The maximum Gasteiger partial charge on any atom is 0.239 e. The van der Waals surface area contributed by atoms with Crippen LogP contribution in [0.1, 0.15) is 19.4 Å². The van der Waals surface area contributed by atoms with Gasteiger partial charge >= 0.3 is 0 Å². The van der Waals surface area contributed by atoms with Crippen molar-refractivity contribution in [3.8, 4) is 0 Å². The van der Waals surface area contributed by atoms with Crippen molar-refractivity contribution in [3.63, 3.8) is 0 Å². The van der Waals surface area contributed by atoms with Crippen LogP contribution in [0.3, 0.4) is 0 Å². The SMILES string of the molecule is CC(C)NC(=O)CN/C=C(\C=N)Nc1ncc(Cl)c(NCc2c(F)cc(F)cc2F)n1. The van der Waals surface area contributed by atoms with Gasteiger partial charge < -0.3 is 26.7 Å². The number of amides is 1. The van der Waals surface area contributed by atoms with Gasteiger partial charge in [-0.2, -0.15) is 4.98 Å². The average Bonchev–Trinajstić information content (AvgIpc) is 2.67. The number of halogens is 4. The number of hydrogen-bond acceptors (Lipinski definition) is 7. The summed E-state index contributed by atoms with van der Waals surface area (Å²) in [5.41, 5.74) is -0.143. The van der Waals surface area contributed by atoms with Gasteiger partial charge in [-0.3, -0.25) is 4.79 Å². The molecule has 2 aromatic rings. The molecule has 0 fully saturated rings. The van der Waals surface area contributed by atoms with E-state index in [2.05, 4.69) is 31.2 Å². The molecule has 12 heteroatoms. The van der Waals surface area contributed by atoms with Crippen molar-refractivity contribution in [2.45, 2.75) is 26.4 Å². The number of aromatic nitrogens is 2. The normalized spacial score (nSPS) is 11.3. The first-order valence-electron chi connectivity index (χ1n) is 9.09. The summed E-state index contributed by atoms with van der Waals surface area (Å²) in [6.45, 7) is 3.33. The van der Waals surface area contributed by atoms with E-state index in [9.17, 15) is 18.0 Å². The second kappa shape index (κ2) is 11.2. The van der Waals surface area contributed by atoms with Gasteiger partial charge in [-0.25, -0.2) is 18.2 Å². The molecule has 2 rings (SSSR count). The van der Waals surface area contributed by atoms with Crippen molar-refractivity contribution in [1.82, 2.24) is 20.6 Å². The van der Waals surface area contributed by atoms with Crippen LogP contribution in [0.25, 0.3) is 0 Å². The van der Waals surface area contributed by atoms with Crippen molar-refractivity contribution >= 4 is 35.5 Å². The lowest BCUT2D eigenvalue weighted by Crippen LogP contribution is -2.36. The molecule has 0 atom stereocenters. The molecule has 0 aliphatic carbocycles. The summed E-state index contributed by atoms with van der Waals surface area (Å²) in [6.07, 6.45) is 3.62. The number of rotatable bonds is 10. The molecule has 0 aliphatic rings. The van der Waals surface area contributed by atoms with Crippen LogP contribution in [0.4, 0.5) is 24.9 Å². The summed E-state index contributed by atoms with van der Waals surface area (Å²) in [6, 6.07) is 1.15. The molecule has 5 N–H and O–H groups in total. The van der Waals surface area contributed by atoms with E-state index in [0.717, 1.165) is 6.21 Å². The van der Waals surface area contributed by atoms with Gasteiger partial charge in [0.2, 0.25) is 11.9 Å². The fourth-order valence-corrected chi connectivity index (χ4v) is 2.49. The highest BCUT2D eigenvalue weighted by molar-refractivity contribution is 6.32. The Morgan fingerprint density at radius 2 is 1.94 bits per heavy atom. The van der Waals surface area contributed by atoms with Crippen LogP contribution >= 0.6 is 11.6 Å². The second-order valence-corrected chi connectivity index (χ2v) is 6.97. The molecule has 166 valence electrons. The molecule has 1 aromatic carbocycles. The van der Waals surface area contributed by atoms with E-state index in [-0.39, 0.29) is 53.1 Å². The van der Waals surface area contributed by atoms with Crippen molar-refractivity contribution in [2.75, 3.05) is 17.2 Å². The van der Waals surface area contributed by atoms with E-state index in [1.165, 1.54) is 12.4 Å². The molecule has 0 aliphatic heterocycles. The van der Waals surface area contributed by atoms with Crippen LogP contribution < -0.4 is 21.3 Å². The van der Waals surface area contributed by atoms with Crippen LogP contribution in [-0.2, 0) is 11.3 Å². The Kier molecular flexibility index (Phi) is 8.62. The first-order valence-corrected chi connectivity index (χ1v) is 9.47. The predicted molar refractivity (Wildman–Crippen MR) is 112 cm³/mol. The quantitative estimate of drug-likeness (QED) is 0.351. The molecule has 0 unspecified atom stereocenters. The summed E-state index contributed by atoms with van der Waals surface area (Å²) < 4.78 is 40.6. The number of carbonyl (C=O) groups is 1. The second-order valence-electron chi connectivity index (χ2n) is 6.56. The third kappa shape index (κ3) is 7.45. The number of hydrogen-bond donors (Lipinski definition) is 5. The number of allylic oxidation sites excluding steroid dienone is 1. The monoisotopic (exact) mass is 455 g/mol. The van der Waals surface area contributed by atoms with Crippen molar-refractivity contribution in [1.29, 1.82) is 5.41 Å². The average molecular weight is 456 g/mol. The van der Waals surface area contributed by atoms with Gasteiger partial charge in [0.05, 0.1) is 18.4 Å². The van der Waals surface area contributed by atoms with Gasteiger partial charge in [0, 0.05) is 42.7 Å².